The van der Waals surface area contributed by atoms with Crippen molar-refractivity contribution < 1.29 is 24.5 Å². The Morgan fingerprint density at radius 3 is 1.41 bits per heavy atom. The first-order valence-corrected chi connectivity index (χ1v) is 24.9. The molecule has 0 aromatic carbocycles. The third-order valence-corrected chi connectivity index (χ3v) is 11.1. The van der Waals surface area contributed by atoms with E-state index in [-0.39, 0.29) is 18.5 Å². The van der Waals surface area contributed by atoms with Gasteiger partial charge in [0.2, 0.25) is 5.91 Å². The van der Waals surface area contributed by atoms with Gasteiger partial charge in [0.1, 0.15) is 0 Å². The van der Waals surface area contributed by atoms with Crippen LogP contribution in [0.3, 0.4) is 0 Å². The van der Waals surface area contributed by atoms with Crippen molar-refractivity contribution in [2.75, 3.05) is 13.2 Å². The fraction of sp³-hybridized carbons (Fsp3) is 0.808. The number of hydrogen-bond donors (Lipinski definition) is 3. The van der Waals surface area contributed by atoms with E-state index >= 15 is 0 Å². The van der Waals surface area contributed by atoms with Gasteiger partial charge in [-0.3, -0.25) is 9.59 Å². The normalized spacial score (nSPS) is 13.1. The van der Waals surface area contributed by atoms with Crippen LogP contribution in [0.15, 0.2) is 48.6 Å². The molecule has 2 atom stereocenters. The molecule has 0 spiro atoms. The van der Waals surface area contributed by atoms with Crippen LogP contribution >= 0.6 is 0 Å². The Labute approximate surface area is 359 Å². The maximum atomic E-state index is 12.4. The van der Waals surface area contributed by atoms with Crippen molar-refractivity contribution in [3.05, 3.63) is 48.6 Å². The Kier molecular flexibility index (Phi) is 45.7. The second kappa shape index (κ2) is 47.5. The van der Waals surface area contributed by atoms with E-state index in [1.807, 2.05) is 6.08 Å². The van der Waals surface area contributed by atoms with E-state index in [2.05, 4.69) is 55.6 Å². The molecule has 2 unspecified atom stereocenters. The number of unbranched alkanes of at least 4 members (excludes halogenated alkanes) is 28. The van der Waals surface area contributed by atoms with Crippen molar-refractivity contribution in [3.8, 4) is 0 Å². The Bertz CT molecular complexity index is 988. The maximum absolute atomic E-state index is 12.4. The van der Waals surface area contributed by atoms with Crippen LogP contribution in [-0.2, 0) is 14.3 Å². The molecule has 0 bridgehead atoms. The van der Waals surface area contributed by atoms with Crippen molar-refractivity contribution in [2.24, 2.45) is 0 Å². The predicted molar refractivity (Wildman–Crippen MR) is 250 cm³/mol. The summed E-state index contributed by atoms with van der Waals surface area (Å²) < 4.78 is 5.42. The van der Waals surface area contributed by atoms with Gasteiger partial charge in [-0.1, -0.05) is 204 Å². The van der Waals surface area contributed by atoms with E-state index < -0.39 is 12.1 Å². The Morgan fingerprint density at radius 1 is 0.483 bits per heavy atom. The quantitative estimate of drug-likeness (QED) is 0.0323. The Morgan fingerprint density at radius 2 is 0.897 bits per heavy atom. The van der Waals surface area contributed by atoms with Crippen LogP contribution < -0.4 is 5.32 Å². The second-order valence-corrected chi connectivity index (χ2v) is 16.8. The van der Waals surface area contributed by atoms with Gasteiger partial charge in [0.15, 0.2) is 0 Å². The fourth-order valence-electron chi connectivity index (χ4n) is 7.18. The number of hydrogen-bond acceptors (Lipinski definition) is 5. The van der Waals surface area contributed by atoms with Gasteiger partial charge in [-0.2, -0.15) is 0 Å². The summed E-state index contributed by atoms with van der Waals surface area (Å²) in [5.74, 6) is -0.184. The minimum atomic E-state index is -0.877. The first kappa shape index (κ1) is 55.8. The van der Waals surface area contributed by atoms with E-state index in [1.54, 1.807) is 6.08 Å². The lowest BCUT2D eigenvalue weighted by atomic mass is 10.0. The third-order valence-electron chi connectivity index (χ3n) is 11.1. The zero-order chi connectivity index (χ0) is 42.3. The number of amides is 1. The summed E-state index contributed by atoms with van der Waals surface area (Å²) in [5.41, 5.74) is 0. The van der Waals surface area contributed by atoms with Crippen LogP contribution in [-0.4, -0.2) is 47.4 Å². The number of carbonyl (C=O) groups is 2. The summed E-state index contributed by atoms with van der Waals surface area (Å²) in [6.45, 7) is 4.75. The van der Waals surface area contributed by atoms with E-state index in [9.17, 15) is 19.8 Å². The molecular weight excluding hydrogens is 719 g/mol. The van der Waals surface area contributed by atoms with E-state index in [1.165, 1.54) is 135 Å². The van der Waals surface area contributed by atoms with Crippen molar-refractivity contribution in [3.63, 3.8) is 0 Å². The standard InChI is InChI=1S/C52H95NO5/c1-3-5-7-9-11-13-15-17-19-20-21-22-23-25-28-32-36-40-44-50(55)49(48-54)53-51(56)45-41-37-33-29-27-31-35-39-43-47-58-52(57)46-42-38-34-30-26-24-18-16-14-12-10-8-6-4-2/h10,12,16,18,29,33,40,44,49-50,54-55H,3-9,11,13-15,17,19-28,30-32,34-39,41-43,45-48H2,1-2H3,(H,53,56)/b12-10-,18-16-,33-29-,44-40+. The molecule has 0 rings (SSSR count). The second-order valence-electron chi connectivity index (χ2n) is 16.8. The number of esters is 1. The van der Waals surface area contributed by atoms with Crippen LogP contribution in [0.5, 0.6) is 0 Å². The molecule has 6 nitrogen and oxygen atoms in total. The number of aliphatic hydroxyl groups excluding tert-OH is 2. The number of rotatable bonds is 45. The molecule has 0 saturated heterocycles. The van der Waals surface area contributed by atoms with Crippen molar-refractivity contribution in [2.45, 2.75) is 257 Å². The molecule has 0 aromatic rings. The molecule has 0 saturated carbocycles. The molecule has 6 heteroatoms. The van der Waals surface area contributed by atoms with E-state index in [4.69, 9.17) is 4.74 Å². The van der Waals surface area contributed by atoms with Gasteiger partial charge in [-0.15, -0.1) is 0 Å². The Hall–Kier alpha value is -2.18. The SMILES string of the molecule is CCCC/C=C\C/C=C\CCCCCCCC(=O)OCCCCCC/C=C\CCCC(=O)NC(CO)C(O)/C=C/CCCCCCCCCCCCCCCCCC. The predicted octanol–water partition coefficient (Wildman–Crippen LogP) is 14.7. The average Bonchev–Trinajstić information content (AvgIpc) is 3.22. The summed E-state index contributed by atoms with van der Waals surface area (Å²) in [7, 11) is 0. The molecule has 3 N–H and O–H groups in total. The molecule has 0 heterocycles. The summed E-state index contributed by atoms with van der Waals surface area (Å²) in [4.78, 5) is 24.4. The highest BCUT2D eigenvalue weighted by Gasteiger charge is 2.17. The number of allylic oxidation sites excluding steroid dienone is 7. The van der Waals surface area contributed by atoms with Gasteiger partial charge < -0.3 is 20.3 Å². The van der Waals surface area contributed by atoms with Gasteiger partial charge >= 0.3 is 5.97 Å². The van der Waals surface area contributed by atoms with Gasteiger partial charge in [0.25, 0.3) is 0 Å². The number of ether oxygens (including phenoxy) is 1. The topological polar surface area (TPSA) is 95.9 Å². The van der Waals surface area contributed by atoms with Crippen LogP contribution in [0, 0.1) is 0 Å². The van der Waals surface area contributed by atoms with E-state index in [0.717, 1.165) is 83.5 Å². The molecule has 1 amide bonds. The molecular formula is C52H95NO5. The van der Waals surface area contributed by atoms with Crippen LogP contribution in [0.4, 0.5) is 0 Å². The minimum Gasteiger partial charge on any atom is -0.466 e. The first-order chi connectivity index (χ1) is 28.5. The molecule has 0 radical (unpaired) electrons. The van der Waals surface area contributed by atoms with Gasteiger partial charge in [-0.25, -0.2) is 0 Å². The highest BCUT2D eigenvalue weighted by Crippen LogP contribution is 2.15. The lowest BCUT2D eigenvalue weighted by Crippen LogP contribution is -2.45. The molecule has 58 heavy (non-hydrogen) atoms. The summed E-state index contributed by atoms with van der Waals surface area (Å²) >= 11 is 0. The van der Waals surface area contributed by atoms with Gasteiger partial charge in [0, 0.05) is 12.8 Å². The summed E-state index contributed by atoms with van der Waals surface area (Å²) in [6.07, 6.45) is 58.2. The maximum Gasteiger partial charge on any atom is 0.305 e. The van der Waals surface area contributed by atoms with Crippen LogP contribution in [0.1, 0.15) is 245 Å². The lowest BCUT2D eigenvalue weighted by molar-refractivity contribution is -0.143. The zero-order valence-electron chi connectivity index (χ0n) is 38.3. The van der Waals surface area contributed by atoms with Gasteiger partial charge in [0.05, 0.1) is 25.4 Å². The molecule has 0 aromatic heterocycles. The van der Waals surface area contributed by atoms with Crippen molar-refractivity contribution in [1.82, 2.24) is 5.32 Å². The minimum absolute atomic E-state index is 0.0534. The van der Waals surface area contributed by atoms with E-state index in [0.29, 0.717) is 19.4 Å². The summed E-state index contributed by atoms with van der Waals surface area (Å²) in [5, 5.41) is 23.0. The third kappa shape index (κ3) is 43.4. The monoisotopic (exact) mass is 814 g/mol. The molecule has 0 fully saturated rings. The fourth-order valence-corrected chi connectivity index (χ4v) is 7.18. The number of nitrogens with one attached hydrogen (secondary N) is 1. The number of aliphatic hydroxyl groups is 2. The highest BCUT2D eigenvalue weighted by atomic mass is 16.5. The molecule has 0 aliphatic rings. The highest BCUT2D eigenvalue weighted by molar-refractivity contribution is 5.76. The van der Waals surface area contributed by atoms with Crippen molar-refractivity contribution in [1.29, 1.82) is 0 Å². The largest absolute Gasteiger partial charge is 0.466 e. The molecule has 0 aliphatic carbocycles. The zero-order valence-corrected chi connectivity index (χ0v) is 38.3. The lowest BCUT2D eigenvalue weighted by Gasteiger charge is -2.19. The summed E-state index contributed by atoms with van der Waals surface area (Å²) in [6, 6.07) is -0.667. The molecule has 0 aliphatic heterocycles. The average molecular weight is 814 g/mol. The Balaban J connectivity index is 3.61. The van der Waals surface area contributed by atoms with Crippen molar-refractivity contribution >= 4 is 11.9 Å². The number of carbonyl (C=O) groups excluding carboxylic acids is 2. The van der Waals surface area contributed by atoms with Gasteiger partial charge in [-0.05, 0) is 77.0 Å². The van der Waals surface area contributed by atoms with Crippen LogP contribution in [0.2, 0.25) is 0 Å². The molecule has 338 valence electrons. The first-order valence-electron chi connectivity index (χ1n) is 24.9. The smallest absolute Gasteiger partial charge is 0.305 e. The van der Waals surface area contributed by atoms with Crippen LogP contribution in [0.25, 0.3) is 0 Å².